The maximum atomic E-state index is 13.4. The number of halogens is 2. The molecule has 2 aromatic carbocycles. The molecule has 4 rings (SSSR count). The van der Waals surface area contributed by atoms with Crippen LogP contribution in [0.2, 0.25) is 0 Å². The number of nitrogens with zero attached hydrogens (tertiary/aromatic N) is 3. The van der Waals surface area contributed by atoms with Gasteiger partial charge in [0.1, 0.15) is 5.75 Å². The van der Waals surface area contributed by atoms with Gasteiger partial charge in [0.2, 0.25) is 11.6 Å². The van der Waals surface area contributed by atoms with Crippen molar-refractivity contribution in [1.82, 2.24) is 15.0 Å². The minimum Gasteiger partial charge on any atom is -0.476 e. The summed E-state index contributed by atoms with van der Waals surface area (Å²) in [7, 11) is 1.55. The van der Waals surface area contributed by atoms with E-state index >= 15 is 0 Å². The summed E-state index contributed by atoms with van der Waals surface area (Å²) in [5.41, 5.74) is 2.81. The Morgan fingerprint density at radius 3 is 2.20 bits per heavy atom. The van der Waals surface area contributed by atoms with E-state index in [-0.39, 0.29) is 30.3 Å². The molecule has 0 unspecified atom stereocenters. The number of aryl methyl sites for hydroxylation is 1. The second-order valence-electron chi connectivity index (χ2n) is 7.55. The summed E-state index contributed by atoms with van der Waals surface area (Å²) in [6.07, 6.45) is 0.937. The molecule has 1 aromatic heterocycles. The fourth-order valence-corrected chi connectivity index (χ4v) is 3.75. The third-order valence-corrected chi connectivity index (χ3v) is 5.48. The largest absolute Gasteiger partial charge is 0.476 e. The lowest BCUT2D eigenvalue weighted by Gasteiger charge is -2.28. The first-order valence-electron chi connectivity index (χ1n) is 9.71. The van der Waals surface area contributed by atoms with Crippen molar-refractivity contribution in [3.05, 3.63) is 59.8 Å². The summed E-state index contributed by atoms with van der Waals surface area (Å²) in [6, 6.07) is 15.2. The van der Waals surface area contributed by atoms with Crippen LogP contribution in [0.4, 0.5) is 8.78 Å². The van der Waals surface area contributed by atoms with Crippen LogP contribution in [0.3, 0.4) is 0 Å². The van der Waals surface area contributed by atoms with Gasteiger partial charge in [-0.3, -0.25) is 0 Å². The van der Waals surface area contributed by atoms with E-state index < -0.39 is 11.9 Å². The Hall–Kier alpha value is -3.29. The molecule has 3 aromatic rings. The SMILES string of the molecule is Cn1nnc(C(=O)O)c1Oc1ccc(-c2ccc(C3CCC(F)(F)CC3)cc2)cc1. The summed E-state index contributed by atoms with van der Waals surface area (Å²) in [5, 5.41) is 16.4. The number of carboxylic acid groups (broad SMARTS) is 1. The van der Waals surface area contributed by atoms with E-state index in [9.17, 15) is 13.6 Å². The first-order valence-corrected chi connectivity index (χ1v) is 9.71. The number of aromatic carboxylic acids is 1. The summed E-state index contributed by atoms with van der Waals surface area (Å²) in [5.74, 6) is -3.03. The molecule has 0 atom stereocenters. The molecule has 6 nitrogen and oxygen atoms in total. The summed E-state index contributed by atoms with van der Waals surface area (Å²) in [4.78, 5) is 11.2. The third kappa shape index (κ3) is 4.17. The lowest BCUT2D eigenvalue weighted by molar-refractivity contribution is -0.0382. The van der Waals surface area contributed by atoms with Crippen LogP contribution in [-0.4, -0.2) is 32.0 Å². The summed E-state index contributed by atoms with van der Waals surface area (Å²) < 4.78 is 33.6. The average Bonchev–Trinajstić information content (AvgIpc) is 3.09. The maximum Gasteiger partial charge on any atom is 0.362 e. The zero-order chi connectivity index (χ0) is 21.3. The van der Waals surface area contributed by atoms with E-state index in [1.807, 2.05) is 36.4 Å². The standard InChI is InChI=1S/C22H21F2N3O3/c1-27-20(19(21(28)29)25-26-27)30-18-8-6-16(7-9-18)14-2-4-15(5-3-14)17-10-12-22(23,24)13-11-17/h2-9,17H,10-13H2,1H3,(H,28,29). The highest BCUT2D eigenvalue weighted by molar-refractivity contribution is 5.87. The fraction of sp³-hybridized carbons (Fsp3) is 0.318. The van der Waals surface area contributed by atoms with Gasteiger partial charge in [-0.15, -0.1) is 5.10 Å². The van der Waals surface area contributed by atoms with Crippen LogP contribution < -0.4 is 4.74 Å². The lowest BCUT2D eigenvalue weighted by atomic mass is 9.82. The van der Waals surface area contributed by atoms with Gasteiger partial charge in [0.25, 0.3) is 5.88 Å². The molecule has 8 heteroatoms. The molecule has 1 aliphatic carbocycles. The van der Waals surface area contributed by atoms with Crippen molar-refractivity contribution < 1.29 is 23.4 Å². The number of carbonyl (C=O) groups is 1. The Kier molecular flexibility index (Phi) is 5.24. The van der Waals surface area contributed by atoms with E-state index in [1.165, 1.54) is 4.68 Å². The molecule has 0 bridgehead atoms. The number of rotatable bonds is 5. The van der Waals surface area contributed by atoms with Gasteiger partial charge in [0.05, 0.1) is 0 Å². The summed E-state index contributed by atoms with van der Waals surface area (Å²) in [6.45, 7) is 0. The van der Waals surface area contributed by atoms with Crippen LogP contribution in [0.1, 0.15) is 47.7 Å². The highest BCUT2D eigenvalue weighted by Gasteiger charge is 2.35. The molecule has 1 heterocycles. The minimum atomic E-state index is -2.52. The number of alkyl halides is 2. The normalized spacial score (nSPS) is 16.4. The number of ether oxygens (including phenoxy) is 1. The molecule has 156 valence electrons. The monoisotopic (exact) mass is 413 g/mol. The average molecular weight is 413 g/mol. The van der Waals surface area contributed by atoms with Crippen LogP contribution >= 0.6 is 0 Å². The molecule has 0 spiro atoms. The zero-order valence-electron chi connectivity index (χ0n) is 16.4. The quantitative estimate of drug-likeness (QED) is 0.617. The predicted octanol–water partition coefficient (Wildman–Crippen LogP) is 5.27. The lowest BCUT2D eigenvalue weighted by Crippen LogP contribution is -2.23. The number of benzene rings is 2. The number of hydrogen-bond acceptors (Lipinski definition) is 4. The molecule has 1 N–H and O–H groups in total. The van der Waals surface area contributed by atoms with Crippen LogP contribution in [0.15, 0.2) is 48.5 Å². The van der Waals surface area contributed by atoms with Gasteiger partial charge in [-0.05, 0) is 47.6 Å². The van der Waals surface area contributed by atoms with Gasteiger partial charge < -0.3 is 9.84 Å². The molecule has 1 aliphatic rings. The first kappa shape index (κ1) is 20.0. The van der Waals surface area contributed by atoms with Crippen molar-refractivity contribution in [2.75, 3.05) is 0 Å². The van der Waals surface area contributed by atoms with E-state index in [0.717, 1.165) is 16.7 Å². The van der Waals surface area contributed by atoms with Crippen molar-refractivity contribution in [3.8, 4) is 22.8 Å². The van der Waals surface area contributed by atoms with Crippen molar-refractivity contribution in [2.24, 2.45) is 7.05 Å². The molecule has 1 saturated carbocycles. The molecular formula is C22H21F2N3O3. The van der Waals surface area contributed by atoms with E-state index in [1.54, 1.807) is 19.2 Å². The fourth-order valence-electron chi connectivity index (χ4n) is 3.75. The second kappa shape index (κ2) is 7.85. The third-order valence-electron chi connectivity index (χ3n) is 5.48. The predicted molar refractivity (Wildman–Crippen MR) is 106 cm³/mol. The highest BCUT2D eigenvalue weighted by atomic mass is 19.3. The molecule has 0 amide bonds. The zero-order valence-corrected chi connectivity index (χ0v) is 16.4. The molecule has 0 radical (unpaired) electrons. The molecule has 0 saturated heterocycles. The van der Waals surface area contributed by atoms with Gasteiger partial charge in [-0.2, -0.15) is 0 Å². The van der Waals surface area contributed by atoms with Crippen molar-refractivity contribution in [2.45, 2.75) is 37.5 Å². The van der Waals surface area contributed by atoms with Crippen molar-refractivity contribution in [1.29, 1.82) is 0 Å². The van der Waals surface area contributed by atoms with Crippen molar-refractivity contribution >= 4 is 5.97 Å². The van der Waals surface area contributed by atoms with E-state index in [4.69, 9.17) is 9.84 Å². The highest BCUT2D eigenvalue weighted by Crippen LogP contribution is 2.41. The molecule has 30 heavy (non-hydrogen) atoms. The van der Waals surface area contributed by atoms with E-state index in [2.05, 4.69) is 10.3 Å². The van der Waals surface area contributed by atoms with Gasteiger partial charge >= 0.3 is 5.97 Å². The second-order valence-corrected chi connectivity index (χ2v) is 7.55. The molecule has 0 aliphatic heterocycles. The van der Waals surface area contributed by atoms with Crippen LogP contribution in [-0.2, 0) is 7.05 Å². The topological polar surface area (TPSA) is 77.2 Å². The number of carboxylic acids is 1. The van der Waals surface area contributed by atoms with Gasteiger partial charge in [0, 0.05) is 19.9 Å². The molecular weight excluding hydrogens is 392 g/mol. The Balaban J connectivity index is 1.46. The number of hydrogen-bond donors (Lipinski definition) is 1. The van der Waals surface area contributed by atoms with Crippen LogP contribution in [0, 0.1) is 0 Å². The van der Waals surface area contributed by atoms with Crippen LogP contribution in [0.5, 0.6) is 11.6 Å². The van der Waals surface area contributed by atoms with Gasteiger partial charge in [-0.1, -0.05) is 41.6 Å². The minimum absolute atomic E-state index is 0.0450. The Morgan fingerprint density at radius 2 is 1.63 bits per heavy atom. The smallest absolute Gasteiger partial charge is 0.362 e. The number of aromatic nitrogens is 3. The van der Waals surface area contributed by atoms with Crippen molar-refractivity contribution in [3.63, 3.8) is 0 Å². The molecule has 1 fully saturated rings. The van der Waals surface area contributed by atoms with Crippen LogP contribution in [0.25, 0.3) is 11.1 Å². The van der Waals surface area contributed by atoms with E-state index in [0.29, 0.717) is 18.6 Å². The Bertz CT molecular complexity index is 1040. The maximum absolute atomic E-state index is 13.4. The Morgan fingerprint density at radius 1 is 1.07 bits per heavy atom. The summed E-state index contributed by atoms with van der Waals surface area (Å²) >= 11 is 0. The van der Waals surface area contributed by atoms with Gasteiger partial charge in [0.15, 0.2) is 0 Å². The van der Waals surface area contributed by atoms with Gasteiger partial charge in [-0.25, -0.2) is 18.3 Å². The Labute approximate surface area is 172 Å². The first-order chi connectivity index (χ1) is 14.3.